The Bertz CT molecular complexity index is 1320. The summed E-state index contributed by atoms with van der Waals surface area (Å²) in [6.45, 7) is 3.88. The first-order valence-electron chi connectivity index (χ1n) is 12.0. The number of pyridine rings is 1. The maximum Gasteiger partial charge on any atom is 0.293 e. The molecule has 3 heterocycles. The third-order valence-corrected chi connectivity index (χ3v) is 6.76. The number of hydrogen-bond donors (Lipinski definition) is 2. The molecule has 1 aliphatic carbocycles. The van der Waals surface area contributed by atoms with Gasteiger partial charge < -0.3 is 24.8 Å². The first-order valence-corrected chi connectivity index (χ1v) is 12.4. The lowest BCUT2D eigenvalue weighted by molar-refractivity contribution is -0.122. The number of likely N-dealkylation sites (N-methyl/N-ethyl adjacent to an activating group) is 1. The predicted octanol–water partition coefficient (Wildman–Crippen LogP) is 3.88. The molecule has 1 amide bonds. The van der Waals surface area contributed by atoms with Gasteiger partial charge in [0.2, 0.25) is 5.95 Å². The number of nitrogens with zero attached hydrogens (tertiary/aromatic N) is 4. The van der Waals surface area contributed by atoms with Crippen LogP contribution in [-0.2, 0) is 4.79 Å². The van der Waals surface area contributed by atoms with Crippen molar-refractivity contribution in [2.24, 2.45) is 5.92 Å². The van der Waals surface area contributed by atoms with Crippen molar-refractivity contribution >= 4 is 45.9 Å². The number of fused-ring (bicyclic) bond motifs is 1. The summed E-state index contributed by atoms with van der Waals surface area (Å²) in [5.74, 6) is 1.66. The van der Waals surface area contributed by atoms with E-state index in [9.17, 15) is 9.59 Å². The van der Waals surface area contributed by atoms with Crippen molar-refractivity contribution in [3.05, 3.63) is 45.8 Å². The molecular weight excluding hydrogens is 468 g/mol. The zero-order valence-corrected chi connectivity index (χ0v) is 20.6. The number of benzene rings is 1. The second-order valence-corrected chi connectivity index (χ2v) is 9.74. The van der Waals surface area contributed by atoms with Gasteiger partial charge in [-0.3, -0.25) is 9.59 Å². The monoisotopic (exact) mass is 496 g/mol. The van der Waals surface area contributed by atoms with Crippen molar-refractivity contribution in [3.63, 3.8) is 0 Å². The van der Waals surface area contributed by atoms with Gasteiger partial charge in [-0.2, -0.15) is 4.98 Å². The van der Waals surface area contributed by atoms with Crippen LogP contribution in [0.25, 0.3) is 10.9 Å². The number of rotatable bonds is 7. The van der Waals surface area contributed by atoms with Crippen LogP contribution in [0.2, 0.25) is 5.02 Å². The zero-order chi connectivity index (χ0) is 24.5. The van der Waals surface area contributed by atoms with E-state index in [0.29, 0.717) is 22.7 Å². The minimum Gasteiger partial charge on any atom is -0.478 e. The summed E-state index contributed by atoms with van der Waals surface area (Å²) >= 11 is 6.43. The van der Waals surface area contributed by atoms with Crippen LogP contribution >= 0.6 is 11.6 Å². The van der Waals surface area contributed by atoms with E-state index in [0.717, 1.165) is 48.9 Å². The van der Waals surface area contributed by atoms with E-state index < -0.39 is 0 Å². The summed E-state index contributed by atoms with van der Waals surface area (Å²) in [7, 11) is 1.53. The smallest absolute Gasteiger partial charge is 0.293 e. The SMILES string of the molecule is CNC(=O)COc1cc2cc(Nc3nc(N4CCCC(C)C4)ncc3Cl)ccc2n(C2CC2)c1=O. The summed E-state index contributed by atoms with van der Waals surface area (Å²) < 4.78 is 7.34. The average Bonchev–Trinajstić information content (AvgIpc) is 3.69. The van der Waals surface area contributed by atoms with Crippen molar-refractivity contribution in [1.82, 2.24) is 19.9 Å². The Labute approximate surface area is 208 Å². The number of hydrogen-bond acceptors (Lipinski definition) is 7. The Hall–Kier alpha value is -3.33. The molecule has 0 bridgehead atoms. The van der Waals surface area contributed by atoms with E-state index in [1.54, 1.807) is 16.8 Å². The maximum atomic E-state index is 13.0. The lowest BCUT2D eigenvalue weighted by Gasteiger charge is -2.31. The maximum absolute atomic E-state index is 13.0. The molecule has 9 nitrogen and oxygen atoms in total. The van der Waals surface area contributed by atoms with Gasteiger partial charge in [-0.1, -0.05) is 18.5 Å². The average molecular weight is 497 g/mol. The van der Waals surface area contributed by atoms with E-state index in [1.807, 2.05) is 18.2 Å². The van der Waals surface area contributed by atoms with Gasteiger partial charge in [0, 0.05) is 37.3 Å². The molecule has 0 radical (unpaired) electrons. The Morgan fingerprint density at radius 2 is 2.09 bits per heavy atom. The lowest BCUT2D eigenvalue weighted by atomic mass is 10.0. The van der Waals surface area contributed by atoms with Gasteiger partial charge in [-0.15, -0.1) is 0 Å². The molecule has 2 aliphatic rings. The van der Waals surface area contributed by atoms with Crippen LogP contribution in [0.4, 0.5) is 17.5 Å². The molecule has 10 heteroatoms. The summed E-state index contributed by atoms with van der Waals surface area (Å²) in [5, 5.41) is 7.06. The third kappa shape index (κ3) is 5.05. The fourth-order valence-electron chi connectivity index (χ4n) is 4.52. The van der Waals surface area contributed by atoms with Gasteiger partial charge in [-0.05, 0) is 55.9 Å². The van der Waals surface area contributed by atoms with Gasteiger partial charge in [0.1, 0.15) is 5.02 Å². The van der Waals surface area contributed by atoms with Crippen molar-refractivity contribution in [2.75, 3.05) is 37.0 Å². The molecular formula is C25H29ClN6O3. The van der Waals surface area contributed by atoms with Crippen LogP contribution in [0.3, 0.4) is 0 Å². The van der Waals surface area contributed by atoms with Gasteiger partial charge in [-0.25, -0.2) is 4.98 Å². The number of ether oxygens (including phenoxy) is 1. The van der Waals surface area contributed by atoms with Crippen molar-refractivity contribution in [3.8, 4) is 5.75 Å². The number of carbonyl (C=O) groups excluding carboxylic acids is 1. The summed E-state index contributed by atoms with van der Waals surface area (Å²) in [6, 6.07) is 7.60. The zero-order valence-electron chi connectivity index (χ0n) is 19.9. The molecule has 1 saturated carbocycles. The fourth-order valence-corrected chi connectivity index (χ4v) is 4.66. The van der Waals surface area contributed by atoms with E-state index in [4.69, 9.17) is 21.3 Å². The number of aromatic nitrogens is 3. The highest BCUT2D eigenvalue weighted by molar-refractivity contribution is 6.32. The first-order chi connectivity index (χ1) is 16.9. The summed E-state index contributed by atoms with van der Waals surface area (Å²) in [5.41, 5.74) is 1.38. The highest BCUT2D eigenvalue weighted by Gasteiger charge is 2.28. The number of amides is 1. The number of halogens is 1. The van der Waals surface area contributed by atoms with Crippen LogP contribution < -0.4 is 25.8 Å². The lowest BCUT2D eigenvalue weighted by Crippen LogP contribution is -2.35. The molecule has 0 spiro atoms. The van der Waals surface area contributed by atoms with Crippen LogP contribution in [0, 0.1) is 5.92 Å². The van der Waals surface area contributed by atoms with Gasteiger partial charge in [0.15, 0.2) is 18.2 Å². The molecule has 1 aromatic carbocycles. The molecule has 35 heavy (non-hydrogen) atoms. The second kappa shape index (κ2) is 9.73. The van der Waals surface area contributed by atoms with Crippen molar-refractivity contribution < 1.29 is 9.53 Å². The number of anilines is 3. The largest absolute Gasteiger partial charge is 0.478 e. The molecule has 1 aliphatic heterocycles. The molecule has 1 saturated heterocycles. The number of carbonyl (C=O) groups is 1. The number of piperidine rings is 1. The Morgan fingerprint density at radius 3 is 2.83 bits per heavy atom. The van der Waals surface area contributed by atoms with Crippen LogP contribution in [0.1, 0.15) is 38.6 Å². The topological polar surface area (TPSA) is 101 Å². The van der Waals surface area contributed by atoms with Crippen LogP contribution in [0.5, 0.6) is 5.75 Å². The van der Waals surface area contributed by atoms with Crippen LogP contribution in [0.15, 0.2) is 35.3 Å². The minimum absolute atomic E-state index is 0.151. The Kier molecular flexibility index (Phi) is 6.51. The van der Waals surface area contributed by atoms with E-state index in [1.165, 1.54) is 13.5 Å². The predicted molar refractivity (Wildman–Crippen MR) is 137 cm³/mol. The van der Waals surface area contributed by atoms with Gasteiger partial charge in [0.05, 0.1) is 11.7 Å². The molecule has 2 fully saturated rings. The van der Waals surface area contributed by atoms with Gasteiger partial charge in [0.25, 0.3) is 11.5 Å². The molecule has 1 unspecified atom stereocenters. The Morgan fingerprint density at radius 1 is 1.26 bits per heavy atom. The highest BCUT2D eigenvalue weighted by atomic mass is 35.5. The fraction of sp³-hybridized carbons (Fsp3) is 0.440. The van der Waals surface area contributed by atoms with Gasteiger partial charge >= 0.3 is 0 Å². The quantitative estimate of drug-likeness (QED) is 0.511. The first kappa shape index (κ1) is 23.4. The third-order valence-electron chi connectivity index (χ3n) is 6.49. The van der Waals surface area contributed by atoms with E-state index >= 15 is 0 Å². The molecule has 184 valence electrons. The molecule has 5 rings (SSSR count). The summed E-state index contributed by atoms with van der Waals surface area (Å²) in [4.78, 5) is 36.0. The van der Waals surface area contributed by atoms with Crippen molar-refractivity contribution in [2.45, 2.75) is 38.6 Å². The molecule has 2 aromatic heterocycles. The standard InChI is InChI=1S/C25H29ClN6O3/c1-15-4-3-9-31(13-15)25-28-12-19(26)23(30-25)29-17-5-8-20-16(10-17)11-21(35-14-22(33)27-2)24(34)32(20)18-6-7-18/h5,8,10-12,15,18H,3-4,6-7,9,13-14H2,1-2H3,(H,27,33)(H,28,29,30). The van der Waals surface area contributed by atoms with E-state index in [-0.39, 0.29) is 29.9 Å². The summed E-state index contributed by atoms with van der Waals surface area (Å²) in [6.07, 6.45) is 5.85. The minimum atomic E-state index is -0.296. The normalized spacial score (nSPS) is 17.9. The molecule has 3 aromatic rings. The Balaban J connectivity index is 1.46. The highest BCUT2D eigenvalue weighted by Crippen LogP contribution is 2.37. The van der Waals surface area contributed by atoms with Crippen LogP contribution in [-0.4, -0.2) is 47.2 Å². The molecule has 2 N–H and O–H groups in total. The van der Waals surface area contributed by atoms with E-state index in [2.05, 4.69) is 27.4 Å². The number of nitrogens with one attached hydrogen (secondary N) is 2. The molecule has 1 atom stereocenters. The van der Waals surface area contributed by atoms with Crippen molar-refractivity contribution in [1.29, 1.82) is 0 Å². The second-order valence-electron chi connectivity index (χ2n) is 9.34.